The highest BCUT2D eigenvalue weighted by atomic mass is 79.9. The van der Waals surface area contributed by atoms with Crippen molar-refractivity contribution in [1.82, 2.24) is 5.32 Å². The van der Waals surface area contributed by atoms with E-state index in [9.17, 15) is 13.2 Å². The van der Waals surface area contributed by atoms with E-state index in [0.717, 1.165) is 21.2 Å². The summed E-state index contributed by atoms with van der Waals surface area (Å²) in [6, 6.07) is 20.7. The Hall–Kier alpha value is -2.84. The van der Waals surface area contributed by atoms with Crippen molar-refractivity contribution >= 4 is 37.5 Å². The quantitative estimate of drug-likeness (QED) is 0.426. The predicted molar refractivity (Wildman–Crippen MR) is 130 cm³/mol. The molecule has 168 valence electrons. The summed E-state index contributed by atoms with van der Waals surface area (Å²) in [5.41, 5.74) is 2.57. The average Bonchev–Trinajstić information content (AvgIpc) is 2.78. The maximum absolute atomic E-state index is 13.3. The van der Waals surface area contributed by atoms with Crippen LogP contribution in [0.25, 0.3) is 0 Å². The van der Waals surface area contributed by atoms with Gasteiger partial charge in [0.1, 0.15) is 18.9 Å². The van der Waals surface area contributed by atoms with E-state index < -0.39 is 15.9 Å². The first-order chi connectivity index (χ1) is 15.3. The maximum atomic E-state index is 13.3. The number of nitrogens with one attached hydrogen (secondary N) is 1. The molecule has 0 unspecified atom stereocenters. The van der Waals surface area contributed by atoms with Gasteiger partial charge in [0.05, 0.1) is 17.1 Å². The molecular weight excluding hydrogens is 492 g/mol. The molecule has 32 heavy (non-hydrogen) atoms. The average molecular weight is 517 g/mol. The molecule has 0 aliphatic heterocycles. The van der Waals surface area contributed by atoms with Crippen molar-refractivity contribution in [3.8, 4) is 5.75 Å². The molecule has 0 aliphatic carbocycles. The summed E-state index contributed by atoms with van der Waals surface area (Å²) in [5, 5.41) is 2.74. The van der Waals surface area contributed by atoms with E-state index in [0.29, 0.717) is 10.2 Å². The van der Waals surface area contributed by atoms with E-state index in [-0.39, 0.29) is 24.6 Å². The highest BCUT2D eigenvalue weighted by molar-refractivity contribution is 9.10. The summed E-state index contributed by atoms with van der Waals surface area (Å²) in [6.07, 6.45) is 0. The molecule has 0 spiro atoms. The van der Waals surface area contributed by atoms with Crippen molar-refractivity contribution in [2.45, 2.75) is 18.7 Å². The van der Waals surface area contributed by atoms with E-state index >= 15 is 0 Å². The standard InChI is InChI=1S/C24H25BrN2O4S/c1-18-8-6-13-23(19(18)2)31-15-14-26-24(28)17-27(21-10-7-9-20(25)16-21)32(29,30)22-11-4-3-5-12-22/h3-13,16H,14-15,17H2,1-2H3,(H,26,28). The molecule has 0 fully saturated rings. The molecule has 0 saturated heterocycles. The SMILES string of the molecule is Cc1cccc(OCCNC(=O)CN(c2cccc(Br)c2)S(=O)(=O)c2ccccc2)c1C. The van der Waals surface area contributed by atoms with Crippen molar-refractivity contribution in [2.75, 3.05) is 24.0 Å². The van der Waals surface area contributed by atoms with Crippen LogP contribution in [0.15, 0.2) is 82.2 Å². The Morgan fingerprint density at radius 1 is 1.00 bits per heavy atom. The number of hydrogen-bond acceptors (Lipinski definition) is 4. The monoisotopic (exact) mass is 516 g/mol. The van der Waals surface area contributed by atoms with E-state index in [2.05, 4.69) is 21.2 Å². The van der Waals surface area contributed by atoms with Crippen LogP contribution in [0.3, 0.4) is 0 Å². The number of carbonyl (C=O) groups is 1. The fourth-order valence-corrected chi connectivity index (χ4v) is 4.91. The number of anilines is 1. The van der Waals surface area contributed by atoms with Gasteiger partial charge in [-0.1, -0.05) is 52.3 Å². The van der Waals surface area contributed by atoms with Crippen LogP contribution in [-0.4, -0.2) is 34.0 Å². The third-order valence-corrected chi connectivity index (χ3v) is 7.23. The molecule has 8 heteroatoms. The molecule has 0 bridgehead atoms. The van der Waals surface area contributed by atoms with E-state index in [1.165, 1.54) is 12.1 Å². The number of sulfonamides is 1. The van der Waals surface area contributed by atoms with Crippen LogP contribution in [0.1, 0.15) is 11.1 Å². The van der Waals surface area contributed by atoms with Gasteiger partial charge in [0, 0.05) is 4.47 Å². The Balaban J connectivity index is 1.69. The normalized spacial score (nSPS) is 11.1. The van der Waals surface area contributed by atoms with Crippen molar-refractivity contribution < 1.29 is 17.9 Å². The molecule has 0 aliphatic rings. The zero-order valence-electron chi connectivity index (χ0n) is 17.9. The van der Waals surface area contributed by atoms with Crippen LogP contribution in [0.2, 0.25) is 0 Å². The predicted octanol–water partition coefficient (Wildman–Crippen LogP) is 4.46. The molecule has 0 radical (unpaired) electrons. The van der Waals surface area contributed by atoms with Gasteiger partial charge >= 0.3 is 0 Å². The van der Waals surface area contributed by atoms with Gasteiger partial charge in [-0.15, -0.1) is 0 Å². The summed E-state index contributed by atoms with van der Waals surface area (Å²) in [6.45, 7) is 4.17. The lowest BCUT2D eigenvalue weighted by Gasteiger charge is -2.24. The number of benzene rings is 3. The lowest BCUT2D eigenvalue weighted by Crippen LogP contribution is -2.41. The van der Waals surface area contributed by atoms with Gasteiger partial charge in [0.2, 0.25) is 5.91 Å². The minimum atomic E-state index is -3.93. The molecule has 0 saturated carbocycles. The highest BCUT2D eigenvalue weighted by Gasteiger charge is 2.27. The summed E-state index contributed by atoms with van der Waals surface area (Å²) >= 11 is 3.37. The first-order valence-electron chi connectivity index (χ1n) is 10.1. The minimum Gasteiger partial charge on any atom is -0.491 e. The number of nitrogens with zero attached hydrogens (tertiary/aromatic N) is 1. The third kappa shape index (κ3) is 5.89. The number of aryl methyl sites for hydroxylation is 1. The number of ether oxygens (including phenoxy) is 1. The van der Waals surface area contributed by atoms with Gasteiger partial charge in [-0.3, -0.25) is 9.10 Å². The topological polar surface area (TPSA) is 75.7 Å². The first kappa shape index (κ1) is 23.8. The summed E-state index contributed by atoms with van der Waals surface area (Å²) in [4.78, 5) is 12.8. The van der Waals surface area contributed by atoms with Crippen LogP contribution in [-0.2, 0) is 14.8 Å². The fraction of sp³-hybridized carbons (Fsp3) is 0.208. The fourth-order valence-electron chi connectivity index (χ4n) is 3.08. The van der Waals surface area contributed by atoms with E-state index in [4.69, 9.17) is 4.74 Å². The van der Waals surface area contributed by atoms with Crippen LogP contribution >= 0.6 is 15.9 Å². The molecule has 0 atom stereocenters. The van der Waals surface area contributed by atoms with Gasteiger partial charge < -0.3 is 10.1 Å². The van der Waals surface area contributed by atoms with Crippen LogP contribution in [0, 0.1) is 13.8 Å². The molecule has 1 amide bonds. The summed E-state index contributed by atoms with van der Waals surface area (Å²) in [7, 11) is -3.93. The Morgan fingerprint density at radius 3 is 2.44 bits per heavy atom. The number of rotatable bonds is 9. The van der Waals surface area contributed by atoms with Crippen LogP contribution in [0.4, 0.5) is 5.69 Å². The zero-order valence-corrected chi connectivity index (χ0v) is 20.3. The molecule has 3 aromatic rings. The molecule has 0 heterocycles. The minimum absolute atomic E-state index is 0.117. The van der Waals surface area contributed by atoms with Gasteiger partial charge in [-0.2, -0.15) is 0 Å². The molecular formula is C24H25BrN2O4S. The van der Waals surface area contributed by atoms with Gasteiger partial charge in [-0.05, 0) is 61.4 Å². The van der Waals surface area contributed by atoms with Crippen LogP contribution in [0.5, 0.6) is 5.75 Å². The highest BCUT2D eigenvalue weighted by Crippen LogP contribution is 2.26. The summed E-state index contributed by atoms with van der Waals surface area (Å²) < 4.78 is 34.1. The molecule has 0 aromatic heterocycles. The Bertz CT molecular complexity index is 1180. The second-order valence-electron chi connectivity index (χ2n) is 7.20. The van der Waals surface area contributed by atoms with E-state index in [1.54, 1.807) is 42.5 Å². The third-order valence-electron chi connectivity index (χ3n) is 4.95. The first-order valence-corrected chi connectivity index (χ1v) is 12.3. The second-order valence-corrected chi connectivity index (χ2v) is 9.98. The zero-order chi connectivity index (χ0) is 23.1. The molecule has 1 N–H and O–H groups in total. The van der Waals surface area contributed by atoms with Crippen molar-refractivity contribution in [1.29, 1.82) is 0 Å². The molecule has 3 aromatic carbocycles. The van der Waals surface area contributed by atoms with Gasteiger partial charge in [-0.25, -0.2) is 8.42 Å². The Labute approximate surface area is 197 Å². The number of halogens is 1. The Kier molecular flexibility index (Phi) is 7.93. The van der Waals surface area contributed by atoms with Gasteiger partial charge in [0.25, 0.3) is 10.0 Å². The van der Waals surface area contributed by atoms with Crippen LogP contribution < -0.4 is 14.4 Å². The van der Waals surface area contributed by atoms with Gasteiger partial charge in [0.15, 0.2) is 0 Å². The van der Waals surface area contributed by atoms with Crippen molar-refractivity contribution in [3.63, 3.8) is 0 Å². The van der Waals surface area contributed by atoms with Crippen molar-refractivity contribution in [3.05, 3.63) is 88.4 Å². The lowest BCUT2D eigenvalue weighted by molar-refractivity contribution is -0.119. The largest absolute Gasteiger partial charge is 0.491 e. The summed E-state index contributed by atoms with van der Waals surface area (Å²) in [5.74, 6) is 0.343. The number of carbonyl (C=O) groups excluding carboxylic acids is 1. The number of amides is 1. The van der Waals surface area contributed by atoms with E-state index in [1.807, 2.05) is 32.0 Å². The maximum Gasteiger partial charge on any atom is 0.264 e. The smallest absolute Gasteiger partial charge is 0.264 e. The second kappa shape index (κ2) is 10.7. The Morgan fingerprint density at radius 2 is 1.72 bits per heavy atom. The number of hydrogen-bond donors (Lipinski definition) is 1. The van der Waals surface area contributed by atoms with Crippen molar-refractivity contribution in [2.24, 2.45) is 0 Å². The molecule has 6 nitrogen and oxygen atoms in total. The lowest BCUT2D eigenvalue weighted by atomic mass is 10.1. The molecule has 3 rings (SSSR count).